The van der Waals surface area contributed by atoms with Crippen LogP contribution in [0.4, 0.5) is 0 Å². The molecule has 0 spiro atoms. The third-order valence-corrected chi connectivity index (χ3v) is 14.0. The van der Waals surface area contributed by atoms with Crippen molar-refractivity contribution < 1.29 is 19.1 Å². The van der Waals surface area contributed by atoms with Crippen LogP contribution in [-0.2, 0) is 19.1 Å². The van der Waals surface area contributed by atoms with Gasteiger partial charge in [0.05, 0.1) is 6.61 Å². The molecule has 0 heterocycles. The maximum Gasteiger partial charge on any atom is 0.302 e. The summed E-state index contributed by atoms with van der Waals surface area (Å²) < 4.78 is 11.7. The molecule has 5 fully saturated rings. The summed E-state index contributed by atoms with van der Waals surface area (Å²) in [6.07, 6.45) is 12.0. The van der Waals surface area contributed by atoms with Crippen LogP contribution < -0.4 is 0 Å². The first kappa shape index (κ1) is 28.2. The Labute approximate surface area is 232 Å². The molecule has 214 valence electrons. The lowest BCUT2D eigenvalue weighted by atomic mass is 9.32. The molecular formula is C34H54O4. The van der Waals surface area contributed by atoms with Gasteiger partial charge in [-0.05, 0) is 117 Å². The Morgan fingerprint density at radius 2 is 1.47 bits per heavy atom. The molecule has 0 saturated heterocycles. The molecule has 0 aliphatic heterocycles. The Bertz CT molecular complexity index is 998. The topological polar surface area (TPSA) is 52.6 Å². The number of esters is 2. The third kappa shape index (κ3) is 3.80. The van der Waals surface area contributed by atoms with Gasteiger partial charge in [0.2, 0.25) is 0 Å². The smallest absolute Gasteiger partial charge is 0.302 e. The second-order valence-corrected chi connectivity index (χ2v) is 15.8. The average Bonchev–Trinajstić information content (AvgIpc) is 3.20. The number of carbonyl (C=O) groups excluding carboxylic acids is 2. The Kier molecular flexibility index (Phi) is 6.76. The van der Waals surface area contributed by atoms with Crippen LogP contribution in [-0.4, -0.2) is 24.6 Å². The third-order valence-electron chi connectivity index (χ3n) is 14.0. The van der Waals surface area contributed by atoms with E-state index in [4.69, 9.17) is 9.47 Å². The van der Waals surface area contributed by atoms with Gasteiger partial charge in [-0.2, -0.15) is 0 Å². The van der Waals surface area contributed by atoms with E-state index in [1.54, 1.807) is 13.8 Å². The van der Waals surface area contributed by atoms with E-state index in [1.807, 2.05) is 0 Å². The molecule has 0 bridgehead atoms. The van der Waals surface area contributed by atoms with Crippen LogP contribution >= 0.6 is 0 Å². The fourth-order valence-corrected chi connectivity index (χ4v) is 12.2. The van der Waals surface area contributed by atoms with E-state index >= 15 is 0 Å². The lowest BCUT2D eigenvalue weighted by molar-refractivity contribution is -0.252. The van der Waals surface area contributed by atoms with Gasteiger partial charge in [0, 0.05) is 24.7 Å². The highest BCUT2D eigenvalue weighted by Crippen LogP contribution is 2.77. The summed E-state index contributed by atoms with van der Waals surface area (Å²) in [4.78, 5) is 23.8. The average molecular weight is 527 g/mol. The molecule has 5 saturated carbocycles. The number of fused-ring (bicyclic) bond motifs is 7. The quantitative estimate of drug-likeness (QED) is 0.274. The monoisotopic (exact) mass is 526 g/mol. The Balaban J connectivity index is 1.49. The zero-order valence-corrected chi connectivity index (χ0v) is 25.6. The fourth-order valence-electron chi connectivity index (χ4n) is 12.2. The van der Waals surface area contributed by atoms with Crippen LogP contribution in [0.3, 0.4) is 0 Å². The molecule has 5 aliphatic carbocycles. The van der Waals surface area contributed by atoms with Crippen LogP contribution in [0.1, 0.15) is 120 Å². The van der Waals surface area contributed by atoms with Gasteiger partial charge in [0.15, 0.2) is 0 Å². The minimum absolute atomic E-state index is 0.00000109. The van der Waals surface area contributed by atoms with E-state index in [-0.39, 0.29) is 39.7 Å². The largest absolute Gasteiger partial charge is 0.465 e. The number of hydrogen-bond donors (Lipinski definition) is 0. The lowest BCUT2D eigenvalue weighted by Gasteiger charge is -2.73. The summed E-state index contributed by atoms with van der Waals surface area (Å²) in [5.74, 6) is 2.76. The van der Waals surface area contributed by atoms with E-state index in [9.17, 15) is 9.59 Å². The zero-order chi connectivity index (χ0) is 27.9. The minimum Gasteiger partial charge on any atom is -0.465 e. The second-order valence-electron chi connectivity index (χ2n) is 15.8. The van der Waals surface area contributed by atoms with Gasteiger partial charge in [-0.15, -0.1) is 0 Å². The molecule has 5 aliphatic rings. The normalized spacial score (nSPS) is 49.1. The summed E-state index contributed by atoms with van der Waals surface area (Å²) in [6, 6.07) is 0. The van der Waals surface area contributed by atoms with E-state index in [0.717, 1.165) is 12.8 Å². The first-order valence-electron chi connectivity index (χ1n) is 15.6. The van der Waals surface area contributed by atoms with E-state index in [0.29, 0.717) is 41.6 Å². The highest BCUT2D eigenvalue weighted by molar-refractivity contribution is 5.66. The van der Waals surface area contributed by atoms with Crippen LogP contribution in [0, 0.1) is 56.7 Å². The van der Waals surface area contributed by atoms with Crippen molar-refractivity contribution >= 4 is 11.9 Å². The maximum absolute atomic E-state index is 11.9. The highest BCUT2D eigenvalue weighted by atomic mass is 16.5. The first-order chi connectivity index (χ1) is 17.6. The molecule has 0 radical (unpaired) electrons. The van der Waals surface area contributed by atoms with Gasteiger partial charge in [-0.1, -0.05) is 46.8 Å². The van der Waals surface area contributed by atoms with E-state index < -0.39 is 0 Å². The van der Waals surface area contributed by atoms with Crippen molar-refractivity contribution in [1.82, 2.24) is 0 Å². The van der Waals surface area contributed by atoms with Gasteiger partial charge in [-0.25, -0.2) is 0 Å². The summed E-state index contributed by atoms with van der Waals surface area (Å²) >= 11 is 0. The van der Waals surface area contributed by atoms with E-state index in [1.165, 1.54) is 56.9 Å². The Hall–Kier alpha value is -1.32. The van der Waals surface area contributed by atoms with Gasteiger partial charge >= 0.3 is 11.9 Å². The Morgan fingerprint density at radius 3 is 2.11 bits per heavy atom. The Morgan fingerprint density at radius 1 is 0.763 bits per heavy atom. The van der Waals surface area contributed by atoms with Gasteiger partial charge in [0.1, 0.15) is 6.10 Å². The molecule has 4 nitrogen and oxygen atoms in total. The summed E-state index contributed by atoms with van der Waals surface area (Å²) in [5, 5.41) is 0. The molecule has 38 heavy (non-hydrogen) atoms. The number of hydrogen-bond acceptors (Lipinski definition) is 4. The molecule has 10 atom stereocenters. The van der Waals surface area contributed by atoms with Gasteiger partial charge in [-0.3, -0.25) is 9.59 Å². The number of rotatable bonds is 4. The van der Waals surface area contributed by atoms with Crippen molar-refractivity contribution in [2.75, 3.05) is 6.61 Å². The molecule has 0 amide bonds. The molecule has 4 heteroatoms. The van der Waals surface area contributed by atoms with Crippen LogP contribution in [0.2, 0.25) is 0 Å². The molecule has 5 rings (SSSR count). The highest BCUT2D eigenvalue weighted by Gasteiger charge is 2.71. The zero-order valence-electron chi connectivity index (χ0n) is 25.6. The molecule has 0 N–H and O–H groups in total. The fraction of sp³-hybridized carbons (Fsp3) is 0.882. The standard InChI is InChI=1S/C34H54O4/c1-21(2)24-12-17-34(20-37-22(3)35)19-18-32(8)25(29(24)34)10-11-27-31(7)15-14-28(38-23(4)36)30(5,6)26(31)13-16-33(27,32)9/h24-29H,1,10-20H2,2-9H3/t24?,25?,26?,27?,28?,29?,31-,32+,33+,34+/m0/s1. The van der Waals surface area contributed by atoms with Gasteiger partial charge in [0.25, 0.3) is 0 Å². The minimum atomic E-state index is -0.140. The summed E-state index contributed by atoms with van der Waals surface area (Å²) in [5.41, 5.74) is 2.30. The van der Waals surface area contributed by atoms with Crippen LogP contribution in [0.5, 0.6) is 0 Å². The predicted molar refractivity (Wildman–Crippen MR) is 151 cm³/mol. The molecule has 0 aromatic rings. The second kappa shape index (κ2) is 9.10. The predicted octanol–water partition coefficient (Wildman–Crippen LogP) is 8.14. The molecule has 0 aromatic carbocycles. The van der Waals surface area contributed by atoms with Crippen molar-refractivity contribution in [2.24, 2.45) is 56.7 Å². The number of allylic oxidation sites excluding steroid dienone is 1. The summed E-state index contributed by atoms with van der Waals surface area (Å²) in [7, 11) is 0. The first-order valence-corrected chi connectivity index (χ1v) is 15.6. The van der Waals surface area contributed by atoms with Crippen molar-refractivity contribution in [2.45, 2.75) is 126 Å². The van der Waals surface area contributed by atoms with Crippen molar-refractivity contribution in [3.8, 4) is 0 Å². The lowest BCUT2D eigenvalue weighted by Crippen LogP contribution is -2.67. The van der Waals surface area contributed by atoms with Gasteiger partial charge < -0.3 is 9.47 Å². The molecule has 6 unspecified atom stereocenters. The molecular weight excluding hydrogens is 472 g/mol. The number of ether oxygens (including phenoxy) is 2. The van der Waals surface area contributed by atoms with Crippen molar-refractivity contribution in [3.63, 3.8) is 0 Å². The molecule has 0 aromatic heterocycles. The van der Waals surface area contributed by atoms with Crippen molar-refractivity contribution in [1.29, 1.82) is 0 Å². The van der Waals surface area contributed by atoms with E-state index in [2.05, 4.69) is 48.1 Å². The van der Waals surface area contributed by atoms with Crippen LogP contribution in [0.15, 0.2) is 12.2 Å². The van der Waals surface area contributed by atoms with Crippen LogP contribution in [0.25, 0.3) is 0 Å². The number of carbonyl (C=O) groups is 2. The summed E-state index contributed by atoms with van der Waals surface area (Å²) in [6.45, 7) is 23.1. The SMILES string of the molecule is C=C(C)C1CC[C@]2(COC(C)=O)CC[C@]3(C)C(CCC4[C@@]5(C)CCC(OC(C)=O)C(C)(C)C5CC[C@]43C)C12. The van der Waals surface area contributed by atoms with Crippen molar-refractivity contribution in [3.05, 3.63) is 12.2 Å². The maximum atomic E-state index is 11.9.